The van der Waals surface area contributed by atoms with E-state index in [9.17, 15) is 14.7 Å². The van der Waals surface area contributed by atoms with Gasteiger partial charge in [0.15, 0.2) is 0 Å². The topological polar surface area (TPSA) is 134 Å². The highest BCUT2D eigenvalue weighted by Gasteiger charge is 2.28. The molecule has 0 aliphatic heterocycles. The highest BCUT2D eigenvalue weighted by Crippen LogP contribution is 2.40. The first-order chi connectivity index (χ1) is 20.2. The Kier molecular flexibility index (Phi) is 16.7. The number of aliphatic hydroxyl groups is 1. The summed E-state index contributed by atoms with van der Waals surface area (Å²) >= 11 is 3.51. The Bertz CT molecular complexity index is 1210. The minimum atomic E-state index is -0.825. The minimum absolute atomic E-state index is 0.147. The highest BCUT2D eigenvalue weighted by atomic mass is 79.9. The molecule has 0 spiro atoms. The lowest BCUT2D eigenvalue weighted by atomic mass is 9.82. The molecular formula is C34H47BrN2O6. The molecule has 5 N–H and O–H groups in total. The molecule has 8 nitrogen and oxygen atoms in total. The smallest absolute Gasteiger partial charge is 0.404 e. The van der Waals surface area contributed by atoms with Gasteiger partial charge in [-0.3, -0.25) is 0 Å². The van der Waals surface area contributed by atoms with E-state index in [1.807, 2.05) is 58.9 Å². The average Bonchev–Trinajstić information content (AvgIpc) is 2.92. The van der Waals surface area contributed by atoms with E-state index < -0.39 is 29.7 Å². The summed E-state index contributed by atoms with van der Waals surface area (Å²) in [4.78, 5) is 23.6. The largest absolute Gasteiger partial charge is 0.496 e. The standard InChI is InChI=1S/C34H47BrN2O6/c1-8-24(4)28(43-30(38)19-13-15-25(36)22-26(21-23(2)3)42-33(37)40)17-11-9-10-12-20-34(5,6)32(39)27-16-14-18-29(41-7)31(27)35/h8,11-14,16-20,23-26,28,32,39H,1,15,21-22,36H2,2-7H3,(H2,37,40)/b17-11+,19-13-,20-12+/t24-,25+,26-,28+,32+/m1/s1. The number of amides is 1. The van der Waals surface area contributed by atoms with Gasteiger partial charge >= 0.3 is 12.1 Å². The molecule has 0 aliphatic rings. The van der Waals surface area contributed by atoms with Gasteiger partial charge in [0.25, 0.3) is 0 Å². The summed E-state index contributed by atoms with van der Waals surface area (Å²) in [5, 5.41) is 11.0. The number of carbonyl (C=O) groups excluding carboxylic acids is 2. The maximum atomic E-state index is 12.5. The molecule has 0 aromatic heterocycles. The summed E-state index contributed by atoms with van der Waals surface area (Å²) in [6, 6.07) is 5.18. The quantitative estimate of drug-likeness (QED) is 0.0794. The number of aliphatic hydroxyl groups excluding tert-OH is 1. The second-order valence-electron chi connectivity index (χ2n) is 11.4. The van der Waals surface area contributed by atoms with Crippen LogP contribution in [0.3, 0.4) is 0 Å². The van der Waals surface area contributed by atoms with Gasteiger partial charge in [0, 0.05) is 23.5 Å². The van der Waals surface area contributed by atoms with E-state index in [0.29, 0.717) is 41.0 Å². The lowest BCUT2D eigenvalue weighted by molar-refractivity contribution is -0.142. The monoisotopic (exact) mass is 658 g/mol. The van der Waals surface area contributed by atoms with Gasteiger partial charge in [-0.15, -0.1) is 6.58 Å². The van der Waals surface area contributed by atoms with Crippen molar-refractivity contribution in [3.8, 4) is 17.6 Å². The molecule has 9 heteroatoms. The summed E-state index contributed by atoms with van der Waals surface area (Å²) in [6.45, 7) is 13.6. The van der Waals surface area contributed by atoms with Crippen LogP contribution in [0.15, 0.2) is 71.8 Å². The molecule has 43 heavy (non-hydrogen) atoms. The number of benzene rings is 1. The molecule has 0 radical (unpaired) electrons. The Morgan fingerprint density at radius 2 is 1.81 bits per heavy atom. The lowest BCUT2D eigenvalue weighted by Crippen LogP contribution is -2.31. The Hall–Kier alpha value is -3.32. The molecule has 0 unspecified atom stereocenters. The molecular weight excluding hydrogens is 612 g/mol. The van der Waals surface area contributed by atoms with Gasteiger partial charge < -0.3 is 30.8 Å². The van der Waals surface area contributed by atoms with E-state index in [4.69, 9.17) is 25.7 Å². The van der Waals surface area contributed by atoms with Crippen molar-refractivity contribution >= 4 is 28.0 Å². The van der Waals surface area contributed by atoms with Crippen LogP contribution in [0.25, 0.3) is 0 Å². The molecule has 0 saturated heterocycles. The van der Waals surface area contributed by atoms with Crippen LogP contribution in [0.4, 0.5) is 4.79 Å². The fraction of sp³-hybridized carbons (Fsp3) is 0.471. The maximum Gasteiger partial charge on any atom is 0.404 e. The summed E-state index contributed by atoms with van der Waals surface area (Å²) in [6.07, 6.45) is 10.5. The lowest BCUT2D eigenvalue weighted by Gasteiger charge is -2.28. The van der Waals surface area contributed by atoms with Gasteiger partial charge in [-0.25, -0.2) is 9.59 Å². The van der Waals surface area contributed by atoms with Crippen LogP contribution in [-0.2, 0) is 14.3 Å². The molecule has 236 valence electrons. The van der Waals surface area contributed by atoms with Crippen molar-refractivity contribution in [3.63, 3.8) is 0 Å². The third kappa shape index (κ3) is 14.1. The number of hydrogen-bond acceptors (Lipinski definition) is 7. The van der Waals surface area contributed by atoms with Crippen molar-refractivity contribution in [2.45, 2.75) is 78.2 Å². The first-order valence-electron chi connectivity index (χ1n) is 14.3. The van der Waals surface area contributed by atoms with Crippen molar-refractivity contribution in [1.29, 1.82) is 0 Å². The Labute approximate surface area is 265 Å². The van der Waals surface area contributed by atoms with E-state index in [1.54, 1.807) is 37.5 Å². The van der Waals surface area contributed by atoms with Gasteiger partial charge in [-0.05, 0) is 71.0 Å². The van der Waals surface area contributed by atoms with E-state index >= 15 is 0 Å². The molecule has 5 atom stereocenters. The number of methoxy groups -OCH3 is 1. The second-order valence-corrected chi connectivity index (χ2v) is 12.2. The molecule has 0 heterocycles. The first-order valence-corrected chi connectivity index (χ1v) is 15.1. The fourth-order valence-electron chi connectivity index (χ4n) is 4.17. The number of ether oxygens (including phenoxy) is 3. The van der Waals surface area contributed by atoms with Gasteiger partial charge in [-0.2, -0.15) is 0 Å². The van der Waals surface area contributed by atoms with E-state index in [-0.39, 0.29) is 18.1 Å². The SMILES string of the molecule is C=C[C@@H](C)[C@H](/C=C/C#C/C=C/C(C)(C)[C@@H](O)c1cccc(OC)c1Br)OC(=O)/C=C\C[C@H](N)C[C@@H](CC(C)C)OC(N)=O. The normalized spacial score (nSPS) is 15.5. The predicted octanol–water partition coefficient (Wildman–Crippen LogP) is 6.54. The zero-order chi connectivity index (χ0) is 32.6. The first kappa shape index (κ1) is 37.7. The van der Waals surface area contributed by atoms with E-state index in [1.165, 1.54) is 6.08 Å². The van der Waals surface area contributed by atoms with Crippen molar-refractivity contribution in [2.24, 2.45) is 28.7 Å². The zero-order valence-electron chi connectivity index (χ0n) is 26.1. The van der Waals surface area contributed by atoms with E-state index in [2.05, 4.69) is 34.3 Å². The number of rotatable bonds is 16. The molecule has 0 fully saturated rings. The van der Waals surface area contributed by atoms with Gasteiger partial charge in [0.1, 0.15) is 18.0 Å². The molecule has 1 aromatic rings. The molecule has 1 amide bonds. The third-order valence-electron chi connectivity index (χ3n) is 6.68. The number of nitrogens with two attached hydrogens (primary N) is 2. The number of halogens is 1. The number of esters is 1. The van der Waals surface area contributed by atoms with Crippen LogP contribution >= 0.6 is 15.9 Å². The zero-order valence-corrected chi connectivity index (χ0v) is 27.7. The Morgan fingerprint density at radius 3 is 2.42 bits per heavy atom. The predicted molar refractivity (Wildman–Crippen MR) is 175 cm³/mol. The second kappa shape index (κ2) is 19.1. The van der Waals surface area contributed by atoms with Gasteiger partial charge in [-0.1, -0.05) is 76.8 Å². The highest BCUT2D eigenvalue weighted by molar-refractivity contribution is 9.10. The maximum absolute atomic E-state index is 12.5. The number of primary amides is 1. The van der Waals surface area contributed by atoms with Crippen LogP contribution in [0.2, 0.25) is 0 Å². The summed E-state index contributed by atoms with van der Waals surface area (Å²) in [7, 11) is 1.58. The van der Waals surface area contributed by atoms with Crippen molar-refractivity contribution < 1.29 is 28.9 Å². The van der Waals surface area contributed by atoms with Crippen LogP contribution in [0, 0.1) is 29.1 Å². The van der Waals surface area contributed by atoms with Crippen molar-refractivity contribution in [3.05, 3.63) is 77.3 Å². The molecule has 0 bridgehead atoms. The summed E-state index contributed by atoms with van der Waals surface area (Å²) < 4.78 is 16.8. The summed E-state index contributed by atoms with van der Waals surface area (Å²) in [5.41, 5.74) is 11.5. The van der Waals surface area contributed by atoms with Gasteiger partial charge in [0.05, 0.1) is 17.7 Å². The number of hydrogen-bond donors (Lipinski definition) is 3. The average molecular weight is 660 g/mol. The molecule has 1 aromatic carbocycles. The molecule has 0 aliphatic carbocycles. The minimum Gasteiger partial charge on any atom is -0.496 e. The molecule has 0 saturated carbocycles. The summed E-state index contributed by atoms with van der Waals surface area (Å²) in [5.74, 6) is 6.15. The fourth-order valence-corrected chi connectivity index (χ4v) is 4.81. The van der Waals surface area contributed by atoms with E-state index in [0.717, 1.165) is 0 Å². The Balaban J connectivity index is 2.77. The van der Waals surface area contributed by atoms with Crippen LogP contribution in [0.5, 0.6) is 5.75 Å². The van der Waals surface area contributed by atoms with Crippen LogP contribution in [-0.4, -0.2) is 42.5 Å². The van der Waals surface area contributed by atoms with Gasteiger partial charge in [0.2, 0.25) is 0 Å². The van der Waals surface area contributed by atoms with Crippen molar-refractivity contribution in [1.82, 2.24) is 0 Å². The van der Waals surface area contributed by atoms with Crippen LogP contribution < -0.4 is 16.2 Å². The number of allylic oxidation sites excluding steroid dienone is 2. The Morgan fingerprint density at radius 1 is 1.14 bits per heavy atom. The number of carbonyl (C=O) groups is 2. The third-order valence-corrected chi connectivity index (χ3v) is 7.53. The van der Waals surface area contributed by atoms with Crippen LogP contribution in [0.1, 0.15) is 65.5 Å². The molecule has 1 rings (SSSR count). The van der Waals surface area contributed by atoms with Crippen molar-refractivity contribution in [2.75, 3.05) is 7.11 Å².